The molecule has 1 saturated heterocycles. The molecule has 1 spiro atoms. The summed E-state index contributed by atoms with van der Waals surface area (Å²) in [4.78, 5) is 37.6. The normalized spacial score (nSPS) is 19.5. The first-order valence-corrected chi connectivity index (χ1v) is 8.19. The Morgan fingerprint density at radius 2 is 2.00 bits per heavy atom. The molecule has 2 N–H and O–H groups in total. The van der Waals surface area contributed by atoms with Crippen LogP contribution in [-0.4, -0.2) is 34.8 Å². The van der Waals surface area contributed by atoms with Gasteiger partial charge in [0.1, 0.15) is 12.1 Å². The predicted octanol–water partition coefficient (Wildman–Crippen LogP) is 2.67. The van der Waals surface area contributed by atoms with Crippen LogP contribution in [0.1, 0.15) is 32.1 Å². The lowest BCUT2D eigenvalue weighted by atomic mass is 9.82. The van der Waals surface area contributed by atoms with E-state index in [1.165, 1.54) is 18.2 Å². The molecule has 3 rings (SSSR count). The number of anilines is 1. The number of nitrogens with zero attached hydrogens (tertiary/aromatic N) is 1. The zero-order chi connectivity index (χ0) is 17.3. The van der Waals surface area contributed by atoms with Crippen molar-refractivity contribution >= 4 is 35.1 Å². The average molecular weight is 354 g/mol. The van der Waals surface area contributed by atoms with Gasteiger partial charge in [-0.2, -0.15) is 0 Å². The molecule has 1 aliphatic carbocycles. The lowest BCUT2D eigenvalue weighted by molar-refractivity contribution is -0.134. The van der Waals surface area contributed by atoms with Crippen molar-refractivity contribution in [1.29, 1.82) is 0 Å². The summed E-state index contributed by atoms with van der Waals surface area (Å²) in [5.74, 6) is -1.80. The smallest absolute Gasteiger partial charge is 0.323 e. The van der Waals surface area contributed by atoms with Crippen LogP contribution in [0, 0.1) is 5.82 Å². The average Bonchev–Trinajstić information content (AvgIpc) is 2.77. The molecule has 1 saturated carbocycles. The fourth-order valence-corrected chi connectivity index (χ4v) is 3.42. The van der Waals surface area contributed by atoms with Crippen LogP contribution < -0.4 is 10.6 Å². The zero-order valence-corrected chi connectivity index (χ0v) is 13.7. The number of hydrogen-bond donors (Lipinski definition) is 2. The summed E-state index contributed by atoms with van der Waals surface area (Å²) in [7, 11) is 0. The largest absolute Gasteiger partial charge is 0.325 e. The highest BCUT2D eigenvalue weighted by Gasteiger charge is 2.51. The van der Waals surface area contributed by atoms with E-state index >= 15 is 0 Å². The minimum absolute atomic E-state index is 0.0908. The monoisotopic (exact) mass is 353 g/mol. The van der Waals surface area contributed by atoms with E-state index in [2.05, 4.69) is 10.6 Å². The lowest BCUT2D eigenvalue weighted by Crippen LogP contribution is -2.48. The number of amides is 4. The van der Waals surface area contributed by atoms with Gasteiger partial charge in [-0.1, -0.05) is 36.9 Å². The van der Waals surface area contributed by atoms with Crippen molar-refractivity contribution in [2.24, 2.45) is 0 Å². The van der Waals surface area contributed by atoms with Crippen LogP contribution in [0.5, 0.6) is 0 Å². The van der Waals surface area contributed by atoms with Crippen molar-refractivity contribution in [2.45, 2.75) is 37.6 Å². The van der Waals surface area contributed by atoms with Crippen molar-refractivity contribution < 1.29 is 18.8 Å². The Morgan fingerprint density at radius 1 is 1.29 bits per heavy atom. The number of rotatable bonds is 3. The summed E-state index contributed by atoms with van der Waals surface area (Å²) in [5, 5.41) is 4.94. The molecule has 0 radical (unpaired) electrons. The first-order valence-electron chi connectivity index (χ1n) is 7.81. The van der Waals surface area contributed by atoms with Crippen LogP contribution in [0.2, 0.25) is 5.02 Å². The molecule has 0 unspecified atom stereocenters. The second-order valence-electron chi connectivity index (χ2n) is 6.11. The molecule has 4 amide bonds. The quantitative estimate of drug-likeness (QED) is 0.820. The fraction of sp³-hybridized carbons (Fsp3) is 0.438. The van der Waals surface area contributed by atoms with Gasteiger partial charge in [-0.05, 0) is 25.0 Å². The molecule has 8 heteroatoms. The van der Waals surface area contributed by atoms with Crippen molar-refractivity contribution in [2.75, 3.05) is 11.9 Å². The van der Waals surface area contributed by atoms with Gasteiger partial charge in [0, 0.05) is 0 Å². The molecule has 2 aliphatic rings. The molecule has 1 aromatic rings. The zero-order valence-electron chi connectivity index (χ0n) is 12.9. The number of benzene rings is 1. The number of carbonyl (C=O) groups is 3. The van der Waals surface area contributed by atoms with Crippen molar-refractivity contribution in [3.63, 3.8) is 0 Å². The van der Waals surface area contributed by atoms with Gasteiger partial charge in [0.05, 0.1) is 10.7 Å². The maximum atomic E-state index is 13.8. The maximum absolute atomic E-state index is 13.8. The minimum Gasteiger partial charge on any atom is -0.323 e. The van der Waals surface area contributed by atoms with Crippen molar-refractivity contribution in [3.8, 4) is 0 Å². The molecule has 128 valence electrons. The van der Waals surface area contributed by atoms with Crippen LogP contribution in [0.4, 0.5) is 14.9 Å². The van der Waals surface area contributed by atoms with Gasteiger partial charge in [-0.15, -0.1) is 0 Å². The molecule has 0 aromatic heterocycles. The third-order valence-corrected chi connectivity index (χ3v) is 4.77. The number of carbonyl (C=O) groups excluding carboxylic acids is 3. The van der Waals surface area contributed by atoms with Crippen LogP contribution in [0.15, 0.2) is 18.2 Å². The number of halogens is 2. The highest BCUT2D eigenvalue weighted by Crippen LogP contribution is 2.33. The molecule has 1 aliphatic heterocycles. The molecule has 24 heavy (non-hydrogen) atoms. The lowest BCUT2D eigenvalue weighted by Gasteiger charge is -2.30. The molecule has 6 nitrogen and oxygen atoms in total. The van der Waals surface area contributed by atoms with E-state index < -0.39 is 29.8 Å². The van der Waals surface area contributed by atoms with Crippen molar-refractivity contribution in [3.05, 3.63) is 29.0 Å². The first-order chi connectivity index (χ1) is 11.4. The third-order valence-electron chi connectivity index (χ3n) is 4.48. The predicted molar refractivity (Wildman–Crippen MR) is 86.1 cm³/mol. The molecule has 0 atom stereocenters. The Labute approximate surface area is 143 Å². The highest BCUT2D eigenvalue weighted by atomic mass is 35.5. The summed E-state index contributed by atoms with van der Waals surface area (Å²) < 4.78 is 13.8. The van der Waals surface area contributed by atoms with E-state index in [1.54, 1.807) is 0 Å². The summed E-state index contributed by atoms with van der Waals surface area (Å²) in [5.41, 5.74) is -0.969. The molecular formula is C16H17ClFN3O3. The second kappa shape index (κ2) is 6.39. The van der Waals surface area contributed by atoms with Crippen molar-refractivity contribution in [1.82, 2.24) is 10.2 Å². The van der Waals surface area contributed by atoms with Gasteiger partial charge in [0.25, 0.3) is 5.91 Å². The molecule has 2 fully saturated rings. The van der Waals surface area contributed by atoms with Crippen LogP contribution >= 0.6 is 11.6 Å². The Bertz CT molecular complexity index is 704. The number of urea groups is 1. The molecule has 1 heterocycles. The standard InChI is InChI=1S/C16H17ClFN3O3/c17-10-5-4-6-11(13(10)18)19-12(22)9-21-14(23)16(20-15(21)24)7-2-1-3-8-16/h4-6H,1-3,7-9H2,(H,19,22)(H,20,24). The third kappa shape index (κ3) is 2.96. The number of imide groups is 1. The van der Waals surface area contributed by atoms with Gasteiger partial charge in [0.15, 0.2) is 5.82 Å². The minimum atomic E-state index is -0.878. The SMILES string of the molecule is O=C(CN1C(=O)NC2(CCCCC2)C1=O)Nc1cccc(Cl)c1F. The van der Waals surface area contributed by atoms with E-state index in [4.69, 9.17) is 11.6 Å². The summed E-state index contributed by atoms with van der Waals surface area (Å²) in [6.45, 7) is -0.460. The maximum Gasteiger partial charge on any atom is 0.325 e. The van der Waals surface area contributed by atoms with Gasteiger partial charge < -0.3 is 10.6 Å². The first kappa shape index (κ1) is 16.7. The Hall–Kier alpha value is -2.15. The van der Waals surface area contributed by atoms with E-state index in [0.717, 1.165) is 24.2 Å². The van der Waals surface area contributed by atoms with E-state index in [-0.39, 0.29) is 16.6 Å². The highest BCUT2D eigenvalue weighted by molar-refractivity contribution is 6.31. The molecule has 1 aromatic carbocycles. The fourth-order valence-electron chi connectivity index (χ4n) is 3.25. The van der Waals surface area contributed by atoms with Gasteiger partial charge in [0.2, 0.25) is 5.91 Å². The summed E-state index contributed by atoms with van der Waals surface area (Å²) >= 11 is 5.66. The van der Waals surface area contributed by atoms with E-state index in [1.807, 2.05) is 0 Å². The van der Waals surface area contributed by atoms with E-state index in [0.29, 0.717) is 12.8 Å². The van der Waals surface area contributed by atoms with Crippen LogP contribution in [0.25, 0.3) is 0 Å². The summed E-state index contributed by atoms with van der Waals surface area (Å²) in [6.07, 6.45) is 3.91. The van der Waals surface area contributed by atoms with Gasteiger partial charge >= 0.3 is 6.03 Å². The molecular weight excluding hydrogens is 337 g/mol. The Kier molecular flexibility index (Phi) is 4.45. The van der Waals surface area contributed by atoms with E-state index in [9.17, 15) is 18.8 Å². The Balaban J connectivity index is 1.69. The Morgan fingerprint density at radius 3 is 2.71 bits per heavy atom. The summed E-state index contributed by atoms with van der Waals surface area (Å²) in [6, 6.07) is 3.62. The second-order valence-corrected chi connectivity index (χ2v) is 6.52. The van der Waals surface area contributed by atoms with Crippen LogP contribution in [-0.2, 0) is 9.59 Å². The van der Waals surface area contributed by atoms with Gasteiger partial charge in [-0.3, -0.25) is 14.5 Å². The van der Waals surface area contributed by atoms with Gasteiger partial charge in [-0.25, -0.2) is 9.18 Å². The topological polar surface area (TPSA) is 78.5 Å². The van der Waals surface area contributed by atoms with Crippen LogP contribution in [0.3, 0.4) is 0 Å². The number of nitrogens with one attached hydrogen (secondary N) is 2. The molecule has 0 bridgehead atoms. The number of hydrogen-bond acceptors (Lipinski definition) is 3.